The number of hydrogen-bond acceptors (Lipinski definition) is 2. The third-order valence-electron chi connectivity index (χ3n) is 3.13. The van der Waals surface area contributed by atoms with E-state index in [9.17, 15) is 18.0 Å². The van der Waals surface area contributed by atoms with Gasteiger partial charge in [-0.1, -0.05) is 36.4 Å². The average molecular weight is 402 g/mol. The maximum absolute atomic E-state index is 12.1. The minimum absolute atomic E-state index is 0.108. The van der Waals surface area contributed by atoms with E-state index >= 15 is 0 Å². The summed E-state index contributed by atoms with van der Waals surface area (Å²) in [5, 5.41) is 2.79. The summed E-state index contributed by atoms with van der Waals surface area (Å²) in [5.41, 5.74) is 2.02. The second kappa shape index (κ2) is 8.30. The molecule has 0 aliphatic rings. The van der Waals surface area contributed by atoms with Gasteiger partial charge in [0.1, 0.15) is 6.61 Å². The van der Waals surface area contributed by atoms with Gasteiger partial charge in [0.25, 0.3) is 5.91 Å². The Labute approximate surface area is 146 Å². The van der Waals surface area contributed by atoms with Gasteiger partial charge in [0, 0.05) is 11.0 Å². The Bertz CT molecular complexity index is 687. The van der Waals surface area contributed by atoms with Gasteiger partial charge in [-0.2, -0.15) is 13.2 Å². The largest absolute Gasteiger partial charge is 0.411 e. The van der Waals surface area contributed by atoms with Crippen molar-refractivity contribution >= 4 is 21.8 Å². The van der Waals surface area contributed by atoms with Gasteiger partial charge in [-0.05, 0) is 39.2 Å². The number of carbonyl (C=O) groups excluding carboxylic acids is 1. The lowest BCUT2D eigenvalue weighted by atomic mass is 10.1. The predicted molar refractivity (Wildman–Crippen MR) is 87.5 cm³/mol. The van der Waals surface area contributed by atoms with Crippen LogP contribution in [-0.4, -0.2) is 18.7 Å². The summed E-state index contributed by atoms with van der Waals surface area (Å²) in [6.45, 7) is -1.05. The molecule has 1 N–H and O–H groups in total. The van der Waals surface area contributed by atoms with Crippen molar-refractivity contribution in [2.45, 2.75) is 19.3 Å². The van der Waals surface area contributed by atoms with Crippen molar-refractivity contribution in [1.29, 1.82) is 0 Å². The van der Waals surface area contributed by atoms with Gasteiger partial charge in [-0.25, -0.2) is 0 Å². The van der Waals surface area contributed by atoms with Crippen LogP contribution < -0.4 is 5.32 Å². The molecule has 0 aliphatic carbocycles. The highest BCUT2D eigenvalue weighted by Crippen LogP contribution is 2.17. The molecule has 0 spiro atoms. The number of ether oxygens (including phenoxy) is 1. The van der Waals surface area contributed by atoms with Crippen molar-refractivity contribution in [3.63, 3.8) is 0 Å². The van der Waals surface area contributed by atoms with Gasteiger partial charge in [0.15, 0.2) is 0 Å². The van der Waals surface area contributed by atoms with Gasteiger partial charge in [0.05, 0.1) is 12.2 Å². The summed E-state index contributed by atoms with van der Waals surface area (Å²) in [6.07, 6.45) is -4.32. The van der Waals surface area contributed by atoms with Crippen LogP contribution in [0.1, 0.15) is 21.5 Å². The lowest BCUT2D eigenvalue weighted by Gasteiger charge is -2.09. The molecular weight excluding hydrogens is 387 g/mol. The number of benzene rings is 2. The second-order valence-electron chi connectivity index (χ2n) is 5.09. The fourth-order valence-electron chi connectivity index (χ4n) is 1.96. The third-order valence-corrected chi connectivity index (χ3v) is 3.82. The van der Waals surface area contributed by atoms with E-state index in [1.54, 1.807) is 42.5 Å². The number of amides is 1. The van der Waals surface area contributed by atoms with Crippen molar-refractivity contribution in [3.05, 3.63) is 69.7 Å². The predicted octanol–water partition coefficient (Wildman–Crippen LogP) is 4.46. The van der Waals surface area contributed by atoms with Crippen molar-refractivity contribution in [3.8, 4) is 0 Å². The lowest BCUT2D eigenvalue weighted by molar-refractivity contribution is -0.176. The van der Waals surface area contributed by atoms with E-state index < -0.39 is 12.8 Å². The van der Waals surface area contributed by atoms with E-state index in [2.05, 4.69) is 26.0 Å². The molecule has 0 radical (unpaired) electrons. The monoisotopic (exact) mass is 401 g/mol. The Balaban J connectivity index is 1.84. The van der Waals surface area contributed by atoms with Gasteiger partial charge in [0.2, 0.25) is 0 Å². The Morgan fingerprint density at radius 3 is 2.29 bits per heavy atom. The molecule has 0 saturated heterocycles. The molecule has 2 rings (SSSR count). The highest BCUT2D eigenvalue weighted by atomic mass is 79.9. The molecule has 2 aromatic rings. The molecule has 7 heteroatoms. The van der Waals surface area contributed by atoms with Gasteiger partial charge in [-0.15, -0.1) is 0 Å². The first-order chi connectivity index (χ1) is 11.3. The maximum Gasteiger partial charge on any atom is 0.411 e. The molecule has 3 nitrogen and oxygen atoms in total. The van der Waals surface area contributed by atoms with E-state index in [4.69, 9.17) is 0 Å². The minimum Gasteiger partial charge on any atom is -0.367 e. The first-order valence-electron chi connectivity index (χ1n) is 7.10. The van der Waals surface area contributed by atoms with Crippen LogP contribution in [0.4, 0.5) is 13.2 Å². The number of alkyl halides is 3. The molecule has 0 aliphatic heterocycles. The smallest absolute Gasteiger partial charge is 0.367 e. The van der Waals surface area contributed by atoms with Crippen LogP contribution in [0, 0.1) is 0 Å². The summed E-state index contributed by atoms with van der Waals surface area (Å²) >= 11 is 3.32. The van der Waals surface area contributed by atoms with E-state index in [1.165, 1.54) is 0 Å². The molecule has 0 aromatic heterocycles. The van der Waals surface area contributed by atoms with E-state index in [-0.39, 0.29) is 12.5 Å². The number of nitrogens with one attached hydrogen (secondary N) is 1. The van der Waals surface area contributed by atoms with Crippen molar-refractivity contribution in [2.75, 3.05) is 6.61 Å². The van der Waals surface area contributed by atoms with Crippen molar-refractivity contribution in [1.82, 2.24) is 5.32 Å². The fourth-order valence-corrected chi connectivity index (χ4v) is 2.43. The molecule has 24 heavy (non-hydrogen) atoms. The molecule has 0 unspecified atom stereocenters. The summed E-state index contributed by atoms with van der Waals surface area (Å²) in [5.74, 6) is -0.208. The quantitative estimate of drug-likeness (QED) is 0.775. The SMILES string of the molecule is O=C(NCc1ccc(COCC(F)(F)F)cc1)c1ccccc1Br. The van der Waals surface area contributed by atoms with Crippen LogP contribution in [0.25, 0.3) is 0 Å². The number of carbonyl (C=O) groups is 1. The van der Waals surface area contributed by atoms with E-state index in [0.29, 0.717) is 22.1 Å². The van der Waals surface area contributed by atoms with Gasteiger partial charge < -0.3 is 10.1 Å². The topological polar surface area (TPSA) is 38.3 Å². The van der Waals surface area contributed by atoms with E-state index in [1.807, 2.05) is 6.07 Å². The second-order valence-corrected chi connectivity index (χ2v) is 5.94. The molecule has 0 fully saturated rings. The first kappa shape index (κ1) is 18.5. The zero-order valence-corrected chi connectivity index (χ0v) is 14.2. The van der Waals surface area contributed by atoms with Crippen LogP contribution in [0.5, 0.6) is 0 Å². The maximum atomic E-state index is 12.1. The number of hydrogen-bond donors (Lipinski definition) is 1. The normalized spacial score (nSPS) is 11.3. The van der Waals surface area contributed by atoms with Gasteiger partial charge in [-0.3, -0.25) is 4.79 Å². The average Bonchev–Trinajstić information content (AvgIpc) is 2.53. The van der Waals surface area contributed by atoms with Crippen LogP contribution >= 0.6 is 15.9 Å². The third kappa shape index (κ3) is 5.98. The molecular formula is C17H15BrF3NO2. The van der Waals surface area contributed by atoms with Crippen LogP contribution in [0.2, 0.25) is 0 Å². The zero-order chi connectivity index (χ0) is 17.6. The van der Waals surface area contributed by atoms with Crippen molar-refractivity contribution < 1.29 is 22.7 Å². The Kier molecular flexibility index (Phi) is 6.39. The Hall–Kier alpha value is -1.86. The molecule has 128 valence electrons. The zero-order valence-electron chi connectivity index (χ0n) is 12.6. The molecule has 0 atom stereocenters. The Morgan fingerprint density at radius 2 is 1.67 bits per heavy atom. The minimum atomic E-state index is -4.32. The number of rotatable bonds is 6. The highest BCUT2D eigenvalue weighted by Gasteiger charge is 2.27. The molecule has 0 heterocycles. The Morgan fingerprint density at radius 1 is 1.04 bits per heavy atom. The van der Waals surface area contributed by atoms with Crippen LogP contribution in [0.15, 0.2) is 53.0 Å². The van der Waals surface area contributed by atoms with Crippen LogP contribution in [0.3, 0.4) is 0 Å². The van der Waals surface area contributed by atoms with Crippen molar-refractivity contribution in [2.24, 2.45) is 0 Å². The molecule has 1 amide bonds. The fraction of sp³-hybridized carbons (Fsp3) is 0.235. The first-order valence-corrected chi connectivity index (χ1v) is 7.89. The summed E-state index contributed by atoms with van der Waals surface area (Å²) in [6, 6.07) is 13.9. The lowest BCUT2D eigenvalue weighted by Crippen LogP contribution is -2.23. The number of halogens is 4. The highest BCUT2D eigenvalue weighted by molar-refractivity contribution is 9.10. The summed E-state index contributed by atoms with van der Waals surface area (Å²) < 4.78 is 41.3. The van der Waals surface area contributed by atoms with E-state index in [0.717, 1.165) is 5.56 Å². The van der Waals surface area contributed by atoms with Crippen LogP contribution in [-0.2, 0) is 17.9 Å². The van der Waals surface area contributed by atoms with Gasteiger partial charge >= 0.3 is 6.18 Å². The molecule has 2 aromatic carbocycles. The standard InChI is InChI=1S/C17H15BrF3NO2/c18-15-4-2-1-3-14(15)16(23)22-9-12-5-7-13(8-6-12)10-24-11-17(19,20)21/h1-8H,9-11H2,(H,22,23). The summed E-state index contributed by atoms with van der Waals surface area (Å²) in [7, 11) is 0. The summed E-state index contributed by atoms with van der Waals surface area (Å²) in [4.78, 5) is 12.1. The molecule has 0 saturated carbocycles. The molecule has 0 bridgehead atoms.